The third-order valence-electron chi connectivity index (χ3n) is 2.58. The quantitative estimate of drug-likeness (QED) is 0.628. The highest BCUT2D eigenvalue weighted by Crippen LogP contribution is 2.12. The molecule has 0 aliphatic rings. The van der Waals surface area contributed by atoms with Crippen LogP contribution in [0.2, 0.25) is 0 Å². The lowest BCUT2D eigenvalue weighted by Gasteiger charge is -2.24. The number of nitriles is 1. The largest absolute Gasteiger partial charge is 0.379 e. The van der Waals surface area contributed by atoms with Crippen molar-refractivity contribution in [1.82, 2.24) is 5.32 Å². The molecule has 0 amide bonds. The van der Waals surface area contributed by atoms with E-state index < -0.39 is 5.54 Å². The van der Waals surface area contributed by atoms with Crippen molar-refractivity contribution in [3.05, 3.63) is 0 Å². The topological polar surface area (TPSA) is 54.3 Å². The van der Waals surface area contributed by atoms with Crippen LogP contribution >= 0.6 is 0 Å². The highest BCUT2D eigenvalue weighted by molar-refractivity contribution is 5.03. The summed E-state index contributed by atoms with van der Waals surface area (Å²) >= 11 is 0. The Hall–Kier alpha value is -0.630. The fraction of sp³-hybridized carbons (Fsp3) is 0.923. The van der Waals surface area contributed by atoms with E-state index in [0.717, 1.165) is 6.61 Å². The fourth-order valence-electron chi connectivity index (χ4n) is 1.46. The van der Waals surface area contributed by atoms with Crippen molar-refractivity contribution in [1.29, 1.82) is 5.26 Å². The lowest BCUT2D eigenvalue weighted by molar-refractivity contribution is -0.00223. The Morgan fingerprint density at radius 1 is 1.29 bits per heavy atom. The van der Waals surface area contributed by atoms with Crippen molar-refractivity contribution in [3.8, 4) is 6.07 Å². The lowest BCUT2D eigenvalue weighted by Crippen LogP contribution is -2.41. The van der Waals surface area contributed by atoms with Crippen LogP contribution < -0.4 is 5.32 Å². The molecule has 2 unspecified atom stereocenters. The van der Waals surface area contributed by atoms with Crippen LogP contribution in [-0.2, 0) is 9.47 Å². The van der Waals surface area contributed by atoms with Crippen LogP contribution in [0.5, 0.6) is 0 Å². The molecule has 2 atom stereocenters. The average molecular weight is 242 g/mol. The maximum absolute atomic E-state index is 9.01. The summed E-state index contributed by atoms with van der Waals surface area (Å²) in [4.78, 5) is 0. The van der Waals surface area contributed by atoms with Crippen LogP contribution in [0.4, 0.5) is 0 Å². The standard InChI is InChI=1S/C13H26N2O2/c1-11(2)9-16-6-7-17-12(3)8-13(4,10-14)15-5/h11-12,15H,6-9H2,1-5H3. The van der Waals surface area contributed by atoms with Crippen molar-refractivity contribution in [2.45, 2.75) is 45.8 Å². The third kappa shape index (κ3) is 8.14. The molecule has 0 spiro atoms. The Balaban J connectivity index is 3.66. The Morgan fingerprint density at radius 2 is 1.94 bits per heavy atom. The number of nitrogens with one attached hydrogen (secondary N) is 1. The molecule has 0 aromatic rings. The smallest absolute Gasteiger partial charge is 0.106 e. The SMILES string of the molecule is CNC(C)(C#N)CC(C)OCCOCC(C)C. The Morgan fingerprint density at radius 3 is 2.41 bits per heavy atom. The molecule has 17 heavy (non-hydrogen) atoms. The molecular formula is C13H26N2O2. The van der Waals surface area contributed by atoms with Gasteiger partial charge < -0.3 is 14.8 Å². The second-order valence-electron chi connectivity index (χ2n) is 5.05. The van der Waals surface area contributed by atoms with Gasteiger partial charge in [0.2, 0.25) is 0 Å². The van der Waals surface area contributed by atoms with E-state index in [0.29, 0.717) is 25.6 Å². The monoisotopic (exact) mass is 242 g/mol. The lowest BCUT2D eigenvalue weighted by atomic mass is 9.97. The normalized spacial score (nSPS) is 16.5. The Kier molecular flexibility index (Phi) is 8.15. The molecule has 100 valence electrons. The van der Waals surface area contributed by atoms with Gasteiger partial charge in [-0.15, -0.1) is 0 Å². The summed E-state index contributed by atoms with van der Waals surface area (Å²) in [5, 5.41) is 12.0. The first-order valence-corrected chi connectivity index (χ1v) is 6.23. The van der Waals surface area contributed by atoms with Gasteiger partial charge in [-0.25, -0.2) is 0 Å². The van der Waals surface area contributed by atoms with Gasteiger partial charge in [-0.3, -0.25) is 0 Å². The first kappa shape index (κ1) is 16.4. The number of rotatable bonds is 9. The highest BCUT2D eigenvalue weighted by atomic mass is 16.5. The fourth-order valence-corrected chi connectivity index (χ4v) is 1.46. The highest BCUT2D eigenvalue weighted by Gasteiger charge is 2.24. The minimum atomic E-state index is -0.516. The van der Waals surface area contributed by atoms with Crippen LogP contribution in [0.15, 0.2) is 0 Å². The Labute approximate surface area is 105 Å². The van der Waals surface area contributed by atoms with Gasteiger partial charge in [-0.2, -0.15) is 5.26 Å². The van der Waals surface area contributed by atoms with Crippen LogP contribution in [0.3, 0.4) is 0 Å². The van der Waals surface area contributed by atoms with E-state index in [-0.39, 0.29) is 6.10 Å². The molecular weight excluding hydrogens is 216 g/mol. The van der Waals surface area contributed by atoms with E-state index in [1.807, 2.05) is 13.8 Å². The van der Waals surface area contributed by atoms with Crippen LogP contribution in [-0.4, -0.2) is 38.5 Å². The van der Waals surface area contributed by atoms with Crippen LogP contribution in [0.1, 0.15) is 34.1 Å². The van der Waals surface area contributed by atoms with Crippen molar-refractivity contribution in [2.24, 2.45) is 5.92 Å². The van der Waals surface area contributed by atoms with Crippen LogP contribution in [0.25, 0.3) is 0 Å². The second-order valence-corrected chi connectivity index (χ2v) is 5.05. The summed E-state index contributed by atoms with van der Waals surface area (Å²) in [5.74, 6) is 0.554. The van der Waals surface area contributed by atoms with Crippen molar-refractivity contribution >= 4 is 0 Å². The molecule has 0 saturated carbocycles. The predicted octanol–water partition coefficient (Wildman–Crippen LogP) is 1.96. The molecule has 0 rings (SSSR count). The van der Waals surface area contributed by atoms with Gasteiger partial charge in [0.1, 0.15) is 5.54 Å². The molecule has 0 radical (unpaired) electrons. The molecule has 0 fully saturated rings. The molecule has 0 bridgehead atoms. The summed E-state index contributed by atoms with van der Waals surface area (Å²) in [7, 11) is 1.79. The molecule has 0 heterocycles. The van der Waals surface area contributed by atoms with E-state index in [4.69, 9.17) is 14.7 Å². The van der Waals surface area contributed by atoms with Crippen molar-refractivity contribution in [2.75, 3.05) is 26.9 Å². The number of hydrogen-bond acceptors (Lipinski definition) is 4. The average Bonchev–Trinajstić information content (AvgIpc) is 2.28. The van der Waals surface area contributed by atoms with Gasteiger partial charge in [-0.05, 0) is 26.8 Å². The first-order chi connectivity index (χ1) is 7.93. The summed E-state index contributed by atoms with van der Waals surface area (Å²) in [6.07, 6.45) is 0.722. The summed E-state index contributed by atoms with van der Waals surface area (Å²) in [6, 6.07) is 2.25. The zero-order valence-corrected chi connectivity index (χ0v) is 11.7. The number of hydrogen-bond donors (Lipinski definition) is 1. The van der Waals surface area contributed by atoms with E-state index >= 15 is 0 Å². The zero-order chi connectivity index (χ0) is 13.3. The van der Waals surface area contributed by atoms with Gasteiger partial charge in [0, 0.05) is 13.0 Å². The van der Waals surface area contributed by atoms with Gasteiger partial charge in [0.15, 0.2) is 0 Å². The van der Waals surface area contributed by atoms with Crippen molar-refractivity contribution < 1.29 is 9.47 Å². The van der Waals surface area contributed by atoms with Gasteiger partial charge in [-0.1, -0.05) is 13.8 Å². The first-order valence-electron chi connectivity index (χ1n) is 6.23. The molecule has 0 aliphatic heterocycles. The van der Waals surface area contributed by atoms with E-state index in [1.54, 1.807) is 7.05 Å². The molecule has 4 nitrogen and oxygen atoms in total. The van der Waals surface area contributed by atoms with Gasteiger partial charge in [0.25, 0.3) is 0 Å². The molecule has 0 aromatic carbocycles. The third-order valence-corrected chi connectivity index (χ3v) is 2.58. The number of ether oxygens (including phenoxy) is 2. The minimum absolute atomic E-state index is 0.0507. The van der Waals surface area contributed by atoms with Gasteiger partial charge in [0.05, 0.1) is 25.4 Å². The zero-order valence-electron chi connectivity index (χ0n) is 11.7. The van der Waals surface area contributed by atoms with Crippen molar-refractivity contribution in [3.63, 3.8) is 0 Å². The van der Waals surface area contributed by atoms with E-state index in [1.165, 1.54) is 0 Å². The minimum Gasteiger partial charge on any atom is -0.379 e. The summed E-state index contributed by atoms with van der Waals surface area (Å²) < 4.78 is 11.0. The molecule has 0 aliphatic carbocycles. The molecule has 0 aromatic heterocycles. The summed E-state index contributed by atoms with van der Waals surface area (Å²) in [5.41, 5.74) is -0.516. The molecule has 0 saturated heterocycles. The number of nitrogens with zero attached hydrogens (tertiary/aromatic N) is 1. The van der Waals surface area contributed by atoms with E-state index in [9.17, 15) is 0 Å². The second kappa shape index (κ2) is 8.46. The maximum atomic E-state index is 9.01. The predicted molar refractivity (Wildman–Crippen MR) is 68.8 cm³/mol. The summed E-state index contributed by atoms with van der Waals surface area (Å²) in [6.45, 7) is 10.1. The maximum Gasteiger partial charge on any atom is 0.106 e. The van der Waals surface area contributed by atoms with Gasteiger partial charge >= 0.3 is 0 Å². The molecule has 1 N–H and O–H groups in total. The van der Waals surface area contributed by atoms with Crippen LogP contribution in [0, 0.1) is 17.2 Å². The molecule has 4 heteroatoms. The van der Waals surface area contributed by atoms with E-state index in [2.05, 4.69) is 25.2 Å². The Bertz CT molecular complexity index is 238.